The Bertz CT molecular complexity index is 1600. The molecule has 0 radical (unpaired) electrons. The highest BCUT2D eigenvalue weighted by Gasteiger charge is 2.36. The molecule has 1 heterocycles. The molecule has 0 aliphatic carbocycles. The number of carbonyl (C=O) groups is 2. The zero-order valence-electron chi connectivity index (χ0n) is 19.7. The molecule has 1 N–H and O–H groups in total. The molecule has 0 saturated heterocycles. The van der Waals surface area contributed by atoms with Gasteiger partial charge in [0.2, 0.25) is 9.84 Å². The molecule has 4 aromatic carbocycles. The number of benzene rings is 4. The predicted octanol–water partition coefficient (Wildman–Crippen LogP) is 4.79. The molecule has 0 aromatic heterocycles. The van der Waals surface area contributed by atoms with E-state index >= 15 is 0 Å². The number of rotatable bonds is 6. The van der Waals surface area contributed by atoms with Gasteiger partial charge in [-0.25, -0.2) is 12.8 Å². The fourth-order valence-electron chi connectivity index (χ4n) is 4.37. The van der Waals surface area contributed by atoms with Gasteiger partial charge in [-0.2, -0.15) is 0 Å². The molecule has 186 valence electrons. The van der Waals surface area contributed by atoms with Gasteiger partial charge in [0.1, 0.15) is 5.82 Å². The summed E-state index contributed by atoms with van der Waals surface area (Å²) in [5.74, 6) is -1.52. The smallest absolute Gasteiger partial charge is 0.259 e. The number of hydrogen-bond donors (Lipinski definition) is 1. The van der Waals surface area contributed by atoms with Crippen LogP contribution in [0.2, 0.25) is 0 Å². The van der Waals surface area contributed by atoms with Crippen molar-refractivity contribution in [3.8, 4) is 0 Å². The molecule has 0 atom stereocenters. The Kier molecular flexibility index (Phi) is 6.58. The zero-order valence-corrected chi connectivity index (χ0v) is 20.5. The molecule has 0 saturated carbocycles. The minimum absolute atomic E-state index is 0.0103. The molecule has 0 fully saturated rings. The van der Waals surface area contributed by atoms with Crippen molar-refractivity contribution in [3.63, 3.8) is 0 Å². The van der Waals surface area contributed by atoms with Gasteiger partial charge in [0.25, 0.3) is 11.8 Å². The fraction of sp³-hybridized carbons (Fsp3) is 0.103. The molecule has 37 heavy (non-hydrogen) atoms. The van der Waals surface area contributed by atoms with Gasteiger partial charge in [0.05, 0.1) is 27.6 Å². The molecule has 2 amide bonds. The summed E-state index contributed by atoms with van der Waals surface area (Å²) in [4.78, 5) is 27.6. The summed E-state index contributed by atoms with van der Waals surface area (Å²) < 4.78 is 41.7. The van der Waals surface area contributed by atoms with Crippen LogP contribution in [0.5, 0.6) is 0 Å². The molecule has 6 nitrogen and oxygen atoms in total. The summed E-state index contributed by atoms with van der Waals surface area (Å²) in [5, 5.41) is 2.84. The second-order valence-electron chi connectivity index (χ2n) is 8.66. The van der Waals surface area contributed by atoms with E-state index in [0.29, 0.717) is 13.0 Å². The molecule has 5 rings (SSSR count). The van der Waals surface area contributed by atoms with E-state index in [0.717, 1.165) is 5.56 Å². The largest absolute Gasteiger partial charge is 0.352 e. The van der Waals surface area contributed by atoms with Gasteiger partial charge in [-0.15, -0.1) is 0 Å². The van der Waals surface area contributed by atoms with Crippen LogP contribution >= 0.6 is 0 Å². The van der Waals surface area contributed by atoms with Crippen LogP contribution in [0.15, 0.2) is 107 Å². The van der Waals surface area contributed by atoms with Gasteiger partial charge < -0.3 is 10.2 Å². The van der Waals surface area contributed by atoms with E-state index < -0.39 is 27.5 Å². The first-order chi connectivity index (χ1) is 17.9. The maximum atomic E-state index is 14.6. The van der Waals surface area contributed by atoms with Gasteiger partial charge in [-0.3, -0.25) is 9.59 Å². The Morgan fingerprint density at radius 2 is 1.54 bits per heavy atom. The van der Waals surface area contributed by atoms with Crippen LogP contribution in [0.1, 0.15) is 31.8 Å². The second kappa shape index (κ2) is 9.99. The summed E-state index contributed by atoms with van der Waals surface area (Å²) in [7, 11) is -4.09. The van der Waals surface area contributed by atoms with Crippen molar-refractivity contribution in [3.05, 3.63) is 125 Å². The number of anilines is 1. The van der Waals surface area contributed by atoms with E-state index in [9.17, 15) is 22.4 Å². The van der Waals surface area contributed by atoms with Crippen molar-refractivity contribution in [1.82, 2.24) is 5.32 Å². The van der Waals surface area contributed by atoms with Crippen molar-refractivity contribution >= 4 is 27.3 Å². The number of nitrogens with zero attached hydrogens (tertiary/aromatic N) is 1. The van der Waals surface area contributed by atoms with E-state index in [1.54, 1.807) is 18.2 Å². The standard InChI is InChI=1S/C29H23FN2O4S/c30-24-12-6-4-10-22(24)19-32-25-18-21(28(33)31-17-16-20-8-2-1-3-9-20)14-15-27(25)37(35,36)26-13-7-5-11-23(26)29(32)34/h1-15,18H,16-17,19H2,(H,31,33). The van der Waals surface area contributed by atoms with Crippen LogP contribution in [-0.4, -0.2) is 26.8 Å². The number of nitrogens with one attached hydrogen (secondary N) is 1. The topological polar surface area (TPSA) is 83.6 Å². The maximum absolute atomic E-state index is 14.6. The Morgan fingerprint density at radius 1 is 0.838 bits per heavy atom. The molecule has 0 unspecified atom stereocenters. The van der Waals surface area contributed by atoms with Gasteiger partial charge in [-0.1, -0.05) is 60.7 Å². The predicted molar refractivity (Wildman–Crippen MR) is 138 cm³/mol. The maximum Gasteiger partial charge on any atom is 0.259 e. The molecule has 8 heteroatoms. The molecule has 1 aliphatic heterocycles. The number of halogens is 1. The van der Waals surface area contributed by atoms with Crippen molar-refractivity contribution < 1.29 is 22.4 Å². The van der Waals surface area contributed by atoms with E-state index in [4.69, 9.17) is 0 Å². The summed E-state index contributed by atoms with van der Waals surface area (Å²) in [6.45, 7) is 0.170. The molecule has 0 spiro atoms. The highest BCUT2D eigenvalue weighted by molar-refractivity contribution is 7.91. The summed E-state index contributed by atoms with van der Waals surface area (Å²) in [5.41, 5.74) is 1.50. The molecular formula is C29H23FN2O4S. The van der Waals surface area contributed by atoms with Crippen LogP contribution < -0.4 is 10.2 Å². The number of carbonyl (C=O) groups excluding carboxylic acids is 2. The second-order valence-corrected chi connectivity index (χ2v) is 10.5. The summed E-state index contributed by atoms with van der Waals surface area (Å²) >= 11 is 0. The first-order valence-corrected chi connectivity index (χ1v) is 13.2. The zero-order chi connectivity index (χ0) is 26.0. The Hall–Kier alpha value is -4.30. The summed E-state index contributed by atoms with van der Waals surface area (Å²) in [6, 6.07) is 25.8. The van der Waals surface area contributed by atoms with Crippen LogP contribution in [0, 0.1) is 5.82 Å². The highest BCUT2D eigenvalue weighted by Crippen LogP contribution is 2.38. The normalized spacial score (nSPS) is 13.9. The van der Waals surface area contributed by atoms with Crippen LogP contribution in [0.4, 0.5) is 10.1 Å². The van der Waals surface area contributed by atoms with Crippen LogP contribution in [0.3, 0.4) is 0 Å². The van der Waals surface area contributed by atoms with Gasteiger partial charge in [0.15, 0.2) is 0 Å². The average Bonchev–Trinajstić information content (AvgIpc) is 2.98. The Balaban J connectivity index is 1.54. The van der Waals surface area contributed by atoms with Crippen molar-refractivity contribution in [2.24, 2.45) is 0 Å². The third-order valence-corrected chi connectivity index (χ3v) is 8.14. The first kappa shape index (κ1) is 24.4. The minimum Gasteiger partial charge on any atom is -0.352 e. The minimum atomic E-state index is -4.09. The van der Waals surface area contributed by atoms with Gasteiger partial charge in [-0.05, 0) is 48.4 Å². The Morgan fingerprint density at radius 3 is 2.32 bits per heavy atom. The van der Waals surface area contributed by atoms with Crippen LogP contribution in [-0.2, 0) is 22.8 Å². The molecule has 0 bridgehead atoms. The van der Waals surface area contributed by atoms with Gasteiger partial charge >= 0.3 is 0 Å². The van der Waals surface area contributed by atoms with E-state index in [2.05, 4.69) is 5.32 Å². The molecule has 1 aliphatic rings. The van der Waals surface area contributed by atoms with Crippen molar-refractivity contribution in [2.75, 3.05) is 11.4 Å². The molecule has 4 aromatic rings. The quantitative estimate of drug-likeness (QED) is 0.401. The number of amides is 2. The summed E-state index contributed by atoms with van der Waals surface area (Å²) in [6.07, 6.45) is 0.624. The van der Waals surface area contributed by atoms with E-state index in [1.165, 1.54) is 53.4 Å². The lowest BCUT2D eigenvalue weighted by molar-refractivity contribution is 0.0950. The van der Waals surface area contributed by atoms with E-state index in [-0.39, 0.29) is 38.7 Å². The van der Waals surface area contributed by atoms with E-state index in [1.807, 2.05) is 30.3 Å². The third-order valence-electron chi connectivity index (χ3n) is 6.28. The monoisotopic (exact) mass is 514 g/mol. The lowest BCUT2D eigenvalue weighted by Crippen LogP contribution is -2.31. The fourth-order valence-corrected chi connectivity index (χ4v) is 6.00. The van der Waals surface area contributed by atoms with Crippen molar-refractivity contribution in [2.45, 2.75) is 22.8 Å². The SMILES string of the molecule is O=C(NCCc1ccccc1)c1ccc2c(c1)N(Cc1ccccc1F)C(=O)c1ccccc1S2(=O)=O. The van der Waals surface area contributed by atoms with Crippen LogP contribution in [0.25, 0.3) is 0 Å². The van der Waals surface area contributed by atoms with Crippen molar-refractivity contribution in [1.29, 1.82) is 0 Å². The number of sulfone groups is 1. The van der Waals surface area contributed by atoms with Gasteiger partial charge in [0, 0.05) is 17.7 Å². The molecular weight excluding hydrogens is 491 g/mol. The number of hydrogen-bond acceptors (Lipinski definition) is 4. The first-order valence-electron chi connectivity index (χ1n) is 11.7. The highest BCUT2D eigenvalue weighted by atomic mass is 32.2. The Labute approximate surface area is 214 Å². The lowest BCUT2D eigenvalue weighted by atomic mass is 10.1. The lowest BCUT2D eigenvalue weighted by Gasteiger charge is -2.23. The average molecular weight is 515 g/mol. The number of fused-ring (bicyclic) bond motifs is 2. The third kappa shape index (κ3) is 4.75.